The number of para-hydroxylation sites is 1. The van der Waals surface area contributed by atoms with E-state index in [2.05, 4.69) is 35.8 Å². The van der Waals surface area contributed by atoms with Gasteiger partial charge in [-0.3, -0.25) is 0 Å². The Morgan fingerprint density at radius 1 is 1.09 bits per heavy atom. The van der Waals surface area contributed by atoms with E-state index in [1.54, 1.807) is 6.07 Å². The van der Waals surface area contributed by atoms with Crippen LogP contribution in [0.1, 0.15) is 30.5 Å². The third-order valence-electron chi connectivity index (χ3n) is 4.62. The number of aromatic nitrogens is 1. The Morgan fingerprint density at radius 3 is 2.61 bits per heavy atom. The molecule has 1 heterocycles. The van der Waals surface area contributed by atoms with E-state index in [0.29, 0.717) is 11.4 Å². The van der Waals surface area contributed by atoms with Crippen molar-refractivity contribution in [3.63, 3.8) is 0 Å². The summed E-state index contributed by atoms with van der Waals surface area (Å²) >= 11 is 0. The van der Waals surface area contributed by atoms with Crippen LogP contribution in [0.5, 0.6) is 0 Å². The second-order valence-corrected chi connectivity index (χ2v) is 6.16. The molecule has 3 nitrogen and oxygen atoms in total. The van der Waals surface area contributed by atoms with Crippen molar-refractivity contribution in [1.82, 2.24) is 4.57 Å². The van der Waals surface area contributed by atoms with Crippen LogP contribution in [0.25, 0.3) is 22.7 Å². The van der Waals surface area contributed by atoms with Crippen LogP contribution in [0, 0.1) is 0 Å². The summed E-state index contributed by atoms with van der Waals surface area (Å²) < 4.78 is 2.25. The number of hydrogen-bond acceptors (Lipinski definition) is 2. The molecule has 4 rings (SSSR count). The molecule has 23 heavy (non-hydrogen) atoms. The van der Waals surface area contributed by atoms with E-state index in [1.807, 2.05) is 30.3 Å². The van der Waals surface area contributed by atoms with Gasteiger partial charge >= 0.3 is 7.12 Å². The molecule has 1 unspecified atom stereocenters. The molecule has 2 N–H and O–H groups in total. The van der Waals surface area contributed by atoms with Crippen molar-refractivity contribution in [2.75, 3.05) is 0 Å². The number of hydrogen-bond donors (Lipinski definition) is 2. The molecule has 0 saturated carbocycles. The van der Waals surface area contributed by atoms with Gasteiger partial charge in [-0.1, -0.05) is 49.4 Å². The lowest BCUT2D eigenvalue weighted by Crippen LogP contribution is -2.29. The van der Waals surface area contributed by atoms with Crippen molar-refractivity contribution < 1.29 is 10.0 Å². The first kappa shape index (κ1) is 14.3. The van der Waals surface area contributed by atoms with Gasteiger partial charge in [0.05, 0.1) is 5.52 Å². The van der Waals surface area contributed by atoms with Gasteiger partial charge in [-0.2, -0.15) is 0 Å². The van der Waals surface area contributed by atoms with E-state index < -0.39 is 7.12 Å². The smallest absolute Gasteiger partial charge is 0.423 e. The van der Waals surface area contributed by atoms with E-state index in [9.17, 15) is 10.0 Å². The van der Waals surface area contributed by atoms with Crippen LogP contribution >= 0.6 is 0 Å². The molecule has 0 radical (unpaired) electrons. The molecule has 3 aromatic rings. The lowest BCUT2D eigenvalue weighted by Gasteiger charge is -2.19. The van der Waals surface area contributed by atoms with Crippen molar-refractivity contribution in [2.24, 2.45) is 0 Å². The van der Waals surface area contributed by atoms with Gasteiger partial charge < -0.3 is 14.6 Å². The fourth-order valence-corrected chi connectivity index (χ4v) is 3.53. The number of rotatable bonds is 2. The molecule has 2 aromatic carbocycles. The number of fused-ring (bicyclic) bond motifs is 3. The van der Waals surface area contributed by atoms with Gasteiger partial charge in [0.1, 0.15) is 0 Å². The Kier molecular flexibility index (Phi) is 3.36. The summed E-state index contributed by atoms with van der Waals surface area (Å²) in [5.41, 5.74) is 5.16. The normalized spacial score (nSPS) is 16.6. The SMILES string of the molecule is CC1CC=Cc2c1n(-c1ccccc1)c1cc(B(O)O)ccc21. The summed E-state index contributed by atoms with van der Waals surface area (Å²) in [7, 11) is -1.46. The van der Waals surface area contributed by atoms with Crippen LogP contribution < -0.4 is 5.46 Å². The Morgan fingerprint density at radius 2 is 1.87 bits per heavy atom. The molecular weight excluding hydrogens is 285 g/mol. The average molecular weight is 303 g/mol. The standard InChI is InChI=1S/C19H18BNO2/c1-13-6-5-9-17-16-11-10-14(20(22)23)12-18(16)21(19(13)17)15-7-3-2-4-8-15/h2-5,7-13,22-23H,6H2,1H3. The third-order valence-corrected chi connectivity index (χ3v) is 4.62. The fraction of sp³-hybridized carbons (Fsp3) is 0.158. The van der Waals surface area contributed by atoms with Gasteiger partial charge in [0, 0.05) is 28.2 Å². The molecule has 1 aromatic heterocycles. The van der Waals surface area contributed by atoms with Crippen molar-refractivity contribution in [1.29, 1.82) is 0 Å². The summed E-state index contributed by atoms with van der Waals surface area (Å²) in [6, 6.07) is 15.9. The maximum atomic E-state index is 9.53. The monoisotopic (exact) mass is 303 g/mol. The van der Waals surface area contributed by atoms with E-state index in [4.69, 9.17) is 0 Å². The minimum absolute atomic E-state index is 0.421. The maximum Gasteiger partial charge on any atom is 0.488 e. The van der Waals surface area contributed by atoms with Crippen LogP contribution in [0.4, 0.5) is 0 Å². The van der Waals surface area contributed by atoms with Gasteiger partial charge in [0.15, 0.2) is 0 Å². The zero-order chi connectivity index (χ0) is 16.0. The first-order chi connectivity index (χ1) is 11.2. The van der Waals surface area contributed by atoms with Crippen molar-refractivity contribution in [2.45, 2.75) is 19.3 Å². The minimum Gasteiger partial charge on any atom is -0.423 e. The average Bonchev–Trinajstić information content (AvgIpc) is 2.91. The fourth-order valence-electron chi connectivity index (χ4n) is 3.53. The van der Waals surface area contributed by atoms with Gasteiger partial charge in [0.25, 0.3) is 0 Å². The van der Waals surface area contributed by atoms with Gasteiger partial charge in [-0.05, 0) is 30.1 Å². The molecule has 0 amide bonds. The highest BCUT2D eigenvalue weighted by Gasteiger charge is 2.24. The first-order valence-corrected chi connectivity index (χ1v) is 7.93. The van der Waals surface area contributed by atoms with Crippen molar-refractivity contribution >= 4 is 29.6 Å². The Hall–Kier alpha value is -2.30. The van der Waals surface area contributed by atoms with Crippen molar-refractivity contribution in [3.05, 3.63) is 65.9 Å². The lowest BCUT2D eigenvalue weighted by molar-refractivity contribution is 0.426. The second-order valence-electron chi connectivity index (χ2n) is 6.16. The Labute approximate surface area is 135 Å². The van der Waals surface area contributed by atoms with Crippen LogP contribution in [0.15, 0.2) is 54.6 Å². The predicted octanol–water partition coefficient (Wildman–Crippen LogP) is 2.83. The molecule has 4 heteroatoms. The molecule has 0 fully saturated rings. The van der Waals surface area contributed by atoms with E-state index in [1.165, 1.54) is 11.3 Å². The largest absolute Gasteiger partial charge is 0.488 e. The lowest BCUT2D eigenvalue weighted by atomic mass is 9.80. The highest BCUT2D eigenvalue weighted by molar-refractivity contribution is 6.58. The zero-order valence-corrected chi connectivity index (χ0v) is 13.0. The van der Waals surface area contributed by atoms with E-state index in [0.717, 1.165) is 23.0 Å². The summed E-state index contributed by atoms with van der Waals surface area (Å²) in [6.07, 6.45) is 5.42. The molecule has 1 atom stereocenters. The van der Waals surface area contributed by atoms with Gasteiger partial charge in [0.2, 0.25) is 0 Å². The molecule has 0 saturated heterocycles. The molecule has 0 bridgehead atoms. The minimum atomic E-state index is -1.46. The van der Waals surface area contributed by atoms with Crippen LogP contribution in [0.3, 0.4) is 0 Å². The zero-order valence-electron chi connectivity index (χ0n) is 13.0. The molecule has 1 aliphatic rings. The summed E-state index contributed by atoms with van der Waals surface area (Å²) in [6.45, 7) is 2.24. The number of nitrogens with zero attached hydrogens (tertiary/aromatic N) is 1. The Bertz CT molecular complexity index is 897. The number of allylic oxidation sites excluding steroid dienone is 1. The highest BCUT2D eigenvalue weighted by atomic mass is 16.4. The quantitative estimate of drug-likeness (QED) is 0.715. The molecule has 1 aliphatic carbocycles. The second kappa shape index (κ2) is 5.41. The molecule has 0 spiro atoms. The van der Waals surface area contributed by atoms with E-state index in [-0.39, 0.29) is 0 Å². The molecular formula is C19H18BNO2. The number of benzene rings is 2. The molecule has 0 aliphatic heterocycles. The first-order valence-electron chi connectivity index (χ1n) is 7.93. The Balaban J connectivity index is 2.11. The predicted molar refractivity (Wildman–Crippen MR) is 95.2 cm³/mol. The van der Waals surface area contributed by atoms with Crippen molar-refractivity contribution in [3.8, 4) is 5.69 Å². The van der Waals surface area contributed by atoms with Gasteiger partial charge in [-0.15, -0.1) is 0 Å². The van der Waals surface area contributed by atoms with Crippen LogP contribution in [-0.2, 0) is 0 Å². The molecule has 114 valence electrons. The van der Waals surface area contributed by atoms with Gasteiger partial charge in [-0.25, -0.2) is 0 Å². The highest BCUT2D eigenvalue weighted by Crippen LogP contribution is 2.38. The third kappa shape index (κ3) is 2.22. The van der Waals surface area contributed by atoms with Crippen LogP contribution in [-0.4, -0.2) is 21.7 Å². The van der Waals surface area contributed by atoms with E-state index >= 15 is 0 Å². The van der Waals surface area contributed by atoms with Crippen LogP contribution in [0.2, 0.25) is 0 Å². The topological polar surface area (TPSA) is 45.4 Å². The maximum absolute atomic E-state index is 9.53. The summed E-state index contributed by atoms with van der Waals surface area (Å²) in [4.78, 5) is 0. The summed E-state index contributed by atoms with van der Waals surface area (Å²) in [5, 5.41) is 20.2. The summed E-state index contributed by atoms with van der Waals surface area (Å²) in [5.74, 6) is 0.421.